The molecule has 0 radical (unpaired) electrons. The third kappa shape index (κ3) is 3.79. The lowest BCUT2D eigenvalue weighted by Crippen LogP contribution is -2.29. The molecule has 1 saturated heterocycles. The Kier molecular flexibility index (Phi) is 5.37. The van der Waals surface area contributed by atoms with Crippen molar-refractivity contribution in [2.45, 2.75) is 4.90 Å². The van der Waals surface area contributed by atoms with E-state index in [2.05, 4.69) is 15.9 Å². The van der Waals surface area contributed by atoms with E-state index in [1.54, 1.807) is 28.8 Å². The highest BCUT2D eigenvalue weighted by Crippen LogP contribution is 2.50. The molecule has 1 fully saturated rings. The first kappa shape index (κ1) is 20.4. The zero-order valence-corrected chi connectivity index (χ0v) is 19.5. The minimum absolute atomic E-state index is 0.174. The molecule has 31 heavy (non-hydrogen) atoms. The Morgan fingerprint density at radius 1 is 0.968 bits per heavy atom. The summed E-state index contributed by atoms with van der Waals surface area (Å²) in [6.07, 6.45) is 0. The summed E-state index contributed by atoms with van der Waals surface area (Å²) in [6.45, 7) is 0. The number of rotatable bonds is 2. The Labute approximate surface area is 196 Å². The Hall–Kier alpha value is -2.55. The molecule has 1 amide bonds. The van der Waals surface area contributed by atoms with Crippen molar-refractivity contribution in [1.82, 2.24) is 0 Å². The van der Waals surface area contributed by atoms with Crippen LogP contribution in [0.3, 0.4) is 0 Å². The number of amidine groups is 1. The lowest BCUT2D eigenvalue weighted by Gasteiger charge is -2.16. The zero-order chi connectivity index (χ0) is 21.5. The molecule has 0 saturated carbocycles. The van der Waals surface area contributed by atoms with Crippen LogP contribution >= 0.6 is 39.5 Å². The molecule has 154 valence electrons. The number of hydrogen-bond acceptors (Lipinski definition) is 5. The van der Waals surface area contributed by atoms with E-state index in [0.29, 0.717) is 15.8 Å². The van der Waals surface area contributed by atoms with Crippen LogP contribution in [0.5, 0.6) is 0 Å². The molecule has 5 rings (SSSR count). The first-order chi connectivity index (χ1) is 15.0. The van der Waals surface area contributed by atoms with Gasteiger partial charge in [-0.1, -0.05) is 45.9 Å². The molecule has 0 unspecified atom stereocenters. The average Bonchev–Trinajstić information content (AvgIpc) is 3.26. The van der Waals surface area contributed by atoms with E-state index in [1.807, 2.05) is 60.5 Å². The van der Waals surface area contributed by atoms with E-state index in [-0.39, 0.29) is 11.7 Å². The van der Waals surface area contributed by atoms with E-state index >= 15 is 0 Å². The van der Waals surface area contributed by atoms with E-state index in [1.165, 1.54) is 23.9 Å². The number of nitrogens with zero attached hydrogens (tertiary/aromatic N) is 3. The maximum Gasteiger partial charge on any atom is 0.274 e. The fourth-order valence-electron chi connectivity index (χ4n) is 3.35. The average molecular weight is 512 g/mol. The maximum atomic E-state index is 13.6. The molecule has 2 aliphatic rings. The normalized spacial score (nSPS) is 19.5. The van der Waals surface area contributed by atoms with Crippen molar-refractivity contribution in [3.05, 3.63) is 93.0 Å². The van der Waals surface area contributed by atoms with Crippen LogP contribution < -0.4 is 9.80 Å². The molecule has 0 N–H and O–H groups in total. The fourth-order valence-corrected chi connectivity index (χ4v) is 6.09. The predicted molar refractivity (Wildman–Crippen MR) is 130 cm³/mol. The SMILES string of the molecule is CN1/C(=C2/SC(=Nc3cccc(Br)c3)N(c3ccc(F)cc3)C2=O)Sc2ccccc21. The lowest BCUT2D eigenvalue weighted by molar-refractivity contribution is -0.113. The number of amides is 1. The van der Waals surface area contributed by atoms with Crippen molar-refractivity contribution < 1.29 is 9.18 Å². The van der Waals surface area contributed by atoms with Gasteiger partial charge in [-0.15, -0.1) is 0 Å². The van der Waals surface area contributed by atoms with Crippen LogP contribution in [0, 0.1) is 5.82 Å². The third-order valence-corrected chi connectivity index (χ3v) is 7.72. The van der Waals surface area contributed by atoms with Crippen molar-refractivity contribution in [3.63, 3.8) is 0 Å². The van der Waals surface area contributed by atoms with Crippen molar-refractivity contribution in [2.24, 2.45) is 4.99 Å². The van der Waals surface area contributed by atoms with Crippen LogP contribution in [0.15, 0.2) is 97.1 Å². The smallest absolute Gasteiger partial charge is 0.274 e. The van der Waals surface area contributed by atoms with Gasteiger partial charge in [0.05, 0.1) is 22.1 Å². The van der Waals surface area contributed by atoms with Crippen molar-refractivity contribution in [3.8, 4) is 0 Å². The zero-order valence-electron chi connectivity index (χ0n) is 16.3. The Morgan fingerprint density at radius 3 is 2.48 bits per heavy atom. The van der Waals surface area contributed by atoms with Gasteiger partial charge in [0, 0.05) is 16.4 Å². The van der Waals surface area contributed by atoms with Crippen molar-refractivity contribution >= 4 is 67.6 Å². The molecule has 4 nitrogen and oxygen atoms in total. The topological polar surface area (TPSA) is 35.9 Å². The van der Waals surface area contributed by atoms with E-state index in [0.717, 1.165) is 25.8 Å². The summed E-state index contributed by atoms with van der Waals surface area (Å²) in [4.78, 5) is 23.6. The second-order valence-electron chi connectivity index (χ2n) is 6.86. The van der Waals surface area contributed by atoms with Crippen LogP contribution in [0.4, 0.5) is 21.5 Å². The number of hydrogen-bond donors (Lipinski definition) is 0. The standard InChI is InChI=1S/C23H15BrFN3OS2/c1-27-18-7-2-3-8-19(18)30-22(27)20-21(29)28(17-11-9-15(25)10-12-17)23(31-20)26-16-6-4-5-14(24)13-16/h2-13H,1H3/b22-20-,26-23?. The highest BCUT2D eigenvalue weighted by molar-refractivity contribution is 9.10. The number of anilines is 2. The van der Waals surface area contributed by atoms with Gasteiger partial charge in [0.15, 0.2) is 5.17 Å². The Balaban J connectivity index is 1.62. The molecular formula is C23H15BrFN3OS2. The fraction of sp³-hybridized carbons (Fsp3) is 0.0435. The second-order valence-corrected chi connectivity index (χ2v) is 9.78. The Bertz CT molecular complexity index is 1260. The Morgan fingerprint density at radius 2 is 1.74 bits per heavy atom. The van der Waals surface area contributed by atoms with Crippen molar-refractivity contribution in [1.29, 1.82) is 0 Å². The molecule has 0 aliphatic carbocycles. The van der Waals surface area contributed by atoms with Gasteiger partial charge in [-0.3, -0.25) is 9.69 Å². The molecule has 0 bridgehead atoms. The third-order valence-electron chi connectivity index (χ3n) is 4.83. The minimum atomic E-state index is -0.353. The number of carbonyl (C=O) groups is 1. The summed E-state index contributed by atoms with van der Waals surface area (Å²) in [5.74, 6) is -0.527. The van der Waals surface area contributed by atoms with Gasteiger partial charge < -0.3 is 4.90 Å². The predicted octanol–water partition coefficient (Wildman–Crippen LogP) is 6.77. The largest absolute Gasteiger partial charge is 0.337 e. The van der Waals surface area contributed by atoms with E-state index in [4.69, 9.17) is 4.99 Å². The molecule has 2 heterocycles. The summed E-state index contributed by atoms with van der Waals surface area (Å²) < 4.78 is 14.4. The van der Waals surface area contributed by atoms with Crippen LogP contribution in [0.1, 0.15) is 0 Å². The van der Waals surface area contributed by atoms with Gasteiger partial charge in [-0.2, -0.15) is 0 Å². The molecule has 8 heteroatoms. The summed E-state index contributed by atoms with van der Waals surface area (Å²) in [5.41, 5.74) is 2.36. The molecule has 0 atom stereocenters. The quantitative estimate of drug-likeness (QED) is 0.355. The number of fused-ring (bicyclic) bond motifs is 1. The number of carbonyl (C=O) groups excluding carboxylic acids is 1. The highest BCUT2D eigenvalue weighted by atomic mass is 79.9. The van der Waals surface area contributed by atoms with Gasteiger partial charge in [-0.05, 0) is 66.4 Å². The number of para-hydroxylation sites is 1. The van der Waals surface area contributed by atoms with Gasteiger partial charge in [0.25, 0.3) is 5.91 Å². The van der Waals surface area contributed by atoms with Crippen LogP contribution in [-0.4, -0.2) is 18.1 Å². The number of benzene rings is 3. The van der Waals surface area contributed by atoms with Gasteiger partial charge >= 0.3 is 0 Å². The summed E-state index contributed by atoms with van der Waals surface area (Å²) in [5, 5.41) is 1.39. The van der Waals surface area contributed by atoms with E-state index < -0.39 is 0 Å². The summed E-state index contributed by atoms with van der Waals surface area (Å²) in [7, 11) is 1.96. The summed E-state index contributed by atoms with van der Waals surface area (Å²) in [6, 6.07) is 21.5. The van der Waals surface area contributed by atoms with Crippen LogP contribution in [-0.2, 0) is 4.79 Å². The van der Waals surface area contributed by atoms with E-state index in [9.17, 15) is 9.18 Å². The molecule has 2 aliphatic heterocycles. The first-order valence-electron chi connectivity index (χ1n) is 9.38. The van der Waals surface area contributed by atoms with Crippen LogP contribution in [0.25, 0.3) is 0 Å². The molecule has 0 aromatic heterocycles. The number of halogens is 2. The number of aliphatic imine (C=N–C) groups is 1. The lowest BCUT2D eigenvalue weighted by atomic mass is 10.3. The summed E-state index contributed by atoms with van der Waals surface area (Å²) >= 11 is 6.37. The minimum Gasteiger partial charge on any atom is -0.337 e. The molecule has 0 spiro atoms. The maximum absolute atomic E-state index is 13.6. The monoisotopic (exact) mass is 511 g/mol. The van der Waals surface area contributed by atoms with Gasteiger partial charge in [0.1, 0.15) is 10.7 Å². The molecular weight excluding hydrogens is 497 g/mol. The van der Waals surface area contributed by atoms with Crippen LogP contribution in [0.2, 0.25) is 0 Å². The molecule has 3 aromatic rings. The van der Waals surface area contributed by atoms with Gasteiger partial charge in [-0.25, -0.2) is 9.38 Å². The number of thioether (sulfide) groups is 2. The second kappa shape index (κ2) is 8.18. The molecule has 3 aromatic carbocycles. The highest BCUT2D eigenvalue weighted by Gasteiger charge is 2.40. The first-order valence-corrected chi connectivity index (χ1v) is 11.8. The van der Waals surface area contributed by atoms with Crippen molar-refractivity contribution in [2.75, 3.05) is 16.8 Å². The van der Waals surface area contributed by atoms with Gasteiger partial charge in [0.2, 0.25) is 0 Å².